The monoisotopic (exact) mass is 263 g/mol. The van der Waals surface area contributed by atoms with Crippen molar-refractivity contribution in [3.63, 3.8) is 0 Å². The van der Waals surface area contributed by atoms with Crippen LogP contribution < -0.4 is 5.69 Å². The number of benzene rings is 2. The predicted octanol–water partition coefficient (Wildman–Crippen LogP) is 3.15. The zero-order valence-corrected chi connectivity index (χ0v) is 11.0. The van der Waals surface area contributed by atoms with Gasteiger partial charge in [0.1, 0.15) is 0 Å². The largest absolute Gasteiger partial charge is 0.323 e. The Morgan fingerprint density at radius 2 is 1.80 bits per heavy atom. The highest BCUT2D eigenvalue weighted by atomic mass is 16.1. The van der Waals surface area contributed by atoms with Crippen molar-refractivity contribution >= 4 is 11.0 Å². The molecule has 20 heavy (non-hydrogen) atoms. The highest BCUT2D eigenvalue weighted by Gasteiger charge is 2.06. The summed E-state index contributed by atoms with van der Waals surface area (Å²) in [4.78, 5) is 16.7. The average molecular weight is 263 g/mol. The minimum absolute atomic E-state index is 0.134. The number of imidazole rings is 1. The summed E-state index contributed by atoms with van der Waals surface area (Å²) in [6.45, 7) is 1.88. The molecule has 2 N–H and O–H groups in total. The fourth-order valence-electron chi connectivity index (χ4n) is 2.27. The first-order valence-electron chi connectivity index (χ1n) is 6.39. The van der Waals surface area contributed by atoms with E-state index in [-0.39, 0.29) is 11.6 Å². The van der Waals surface area contributed by atoms with Crippen LogP contribution in [0.2, 0.25) is 0 Å². The van der Waals surface area contributed by atoms with Gasteiger partial charge in [-0.15, -0.1) is 0 Å². The zero-order chi connectivity index (χ0) is 14.1. The molecule has 0 radical (unpaired) electrons. The van der Waals surface area contributed by atoms with Crippen molar-refractivity contribution in [1.29, 1.82) is 5.26 Å². The van der Waals surface area contributed by atoms with E-state index in [9.17, 15) is 4.79 Å². The van der Waals surface area contributed by atoms with Crippen molar-refractivity contribution in [3.8, 4) is 17.2 Å². The number of nitriles is 1. The fourth-order valence-corrected chi connectivity index (χ4v) is 2.27. The van der Waals surface area contributed by atoms with Crippen molar-refractivity contribution in [2.75, 3.05) is 0 Å². The SMILES string of the molecule is CC(C#N)c1cccc(-c2ccc3[nH]c(=O)[nH]c3c2)c1. The summed E-state index contributed by atoms with van der Waals surface area (Å²) in [5.74, 6) is -0.134. The first-order chi connectivity index (χ1) is 9.67. The molecule has 4 heteroatoms. The van der Waals surface area contributed by atoms with E-state index in [1.807, 2.05) is 49.4 Å². The molecule has 0 aliphatic heterocycles. The second kappa shape index (κ2) is 4.71. The van der Waals surface area contributed by atoms with Crippen LogP contribution in [0.15, 0.2) is 47.3 Å². The standard InChI is InChI=1S/C16H13N3O/c1-10(9-17)11-3-2-4-12(7-11)13-5-6-14-15(8-13)19-16(20)18-14/h2-8,10H,1H3,(H2,18,19,20). The van der Waals surface area contributed by atoms with Gasteiger partial charge in [0.05, 0.1) is 23.0 Å². The lowest BCUT2D eigenvalue weighted by molar-refractivity contribution is 0.982. The Morgan fingerprint density at radius 3 is 2.60 bits per heavy atom. The van der Waals surface area contributed by atoms with Crippen molar-refractivity contribution in [2.24, 2.45) is 0 Å². The molecule has 98 valence electrons. The van der Waals surface area contributed by atoms with Crippen LogP contribution in [0, 0.1) is 11.3 Å². The van der Waals surface area contributed by atoms with Crippen LogP contribution >= 0.6 is 0 Å². The van der Waals surface area contributed by atoms with Crippen LogP contribution in [-0.4, -0.2) is 9.97 Å². The second-order valence-electron chi connectivity index (χ2n) is 4.82. The second-order valence-corrected chi connectivity index (χ2v) is 4.82. The summed E-state index contributed by atoms with van der Waals surface area (Å²) in [7, 11) is 0. The van der Waals surface area contributed by atoms with Crippen LogP contribution in [0.4, 0.5) is 0 Å². The summed E-state index contributed by atoms with van der Waals surface area (Å²) < 4.78 is 0. The molecule has 0 bridgehead atoms. The summed E-state index contributed by atoms with van der Waals surface area (Å²) in [5, 5.41) is 9.00. The van der Waals surface area contributed by atoms with Crippen LogP contribution in [0.5, 0.6) is 0 Å². The van der Waals surface area contributed by atoms with Crippen LogP contribution in [0.25, 0.3) is 22.2 Å². The number of H-pyrrole nitrogens is 2. The molecule has 0 saturated carbocycles. The molecule has 0 aliphatic rings. The molecule has 2 aromatic carbocycles. The summed E-state index contributed by atoms with van der Waals surface area (Å²) >= 11 is 0. The third-order valence-corrected chi connectivity index (χ3v) is 3.43. The Balaban J connectivity index is 2.10. The van der Waals surface area contributed by atoms with Gasteiger partial charge in [-0.05, 0) is 41.8 Å². The Bertz CT molecular complexity index is 867. The molecule has 0 aliphatic carbocycles. The van der Waals surface area contributed by atoms with Gasteiger partial charge >= 0.3 is 5.69 Å². The van der Waals surface area contributed by atoms with Crippen molar-refractivity contribution in [3.05, 3.63) is 58.5 Å². The maximum absolute atomic E-state index is 11.3. The zero-order valence-electron chi connectivity index (χ0n) is 11.0. The van der Waals surface area contributed by atoms with Gasteiger partial charge in [0.2, 0.25) is 0 Å². The Morgan fingerprint density at radius 1 is 1.05 bits per heavy atom. The highest BCUT2D eigenvalue weighted by Crippen LogP contribution is 2.25. The summed E-state index contributed by atoms with van der Waals surface area (Å²) in [6.07, 6.45) is 0. The lowest BCUT2D eigenvalue weighted by Gasteiger charge is -2.07. The number of nitrogens with zero attached hydrogens (tertiary/aromatic N) is 1. The van der Waals surface area contributed by atoms with Gasteiger partial charge in [0.25, 0.3) is 0 Å². The molecule has 3 aromatic rings. The molecule has 1 aromatic heterocycles. The van der Waals surface area contributed by atoms with Gasteiger partial charge in [-0.25, -0.2) is 4.79 Å². The minimum atomic E-state index is -0.205. The van der Waals surface area contributed by atoms with E-state index < -0.39 is 0 Å². The summed E-state index contributed by atoms with van der Waals surface area (Å²) in [5.41, 5.74) is 4.41. The van der Waals surface area contributed by atoms with Gasteiger partial charge in [-0.2, -0.15) is 5.26 Å². The van der Waals surface area contributed by atoms with E-state index in [1.165, 1.54) is 0 Å². The number of rotatable bonds is 2. The maximum atomic E-state index is 11.3. The van der Waals surface area contributed by atoms with E-state index in [4.69, 9.17) is 5.26 Å². The predicted molar refractivity (Wildman–Crippen MR) is 78.4 cm³/mol. The van der Waals surface area contributed by atoms with Crippen LogP contribution in [-0.2, 0) is 0 Å². The molecule has 0 spiro atoms. The van der Waals surface area contributed by atoms with Gasteiger partial charge in [-0.3, -0.25) is 0 Å². The number of nitrogens with one attached hydrogen (secondary N) is 2. The number of hydrogen-bond donors (Lipinski definition) is 2. The van der Waals surface area contributed by atoms with Crippen LogP contribution in [0.3, 0.4) is 0 Å². The van der Waals surface area contributed by atoms with Gasteiger partial charge in [-0.1, -0.05) is 24.3 Å². The molecule has 1 atom stereocenters. The average Bonchev–Trinajstić information content (AvgIpc) is 2.85. The molecule has 1 unspecified atom stereocenters. The van der Waals surface area contributed by atoms with E-state index in [0.29, 0.717) is 0 Å². The Labute approximate surface area is 115 Å². The molecule has 0 amide bonds. The highest BCUT2D eigenvalue weighted by molar-refractivity contribution is 5.81. The van der Waals surface area contributed by atoms with Gasteiger partial charge in [0, 0.05) is 0 Å². The van der Waals surface area contributed by atoms with Gasteiger partial charge in [0.15, 0.2) is 0 Å². The summed E-state index contributed by atoms with van der Waals surface area (Å²) in [6, 6.07) is 15.9. The molecule has 3 rings (SSSR count). The molecule has 0 saturated heterocycles. The lowest BCUT2D eigenvalue weighted by atomic mass is 9.97. The molecular weight excluding hydrogens is 250 g/mol. The first kappa shape index (κ1) is 12.2. The molecule has 0 fully saturated rings. The molecular formula is C16H13N3O. The van der Waals surface area contributed by atoms with E-state index in [2.05, 4.69) is 16.0 Å². The number of fused-ring (bicyclic) bond motifs is 1. The molecule has 1 heterocycles. The third kappa shape index (κ3) is 2.10. The number of aromatic nitrogens is 2. The molecule has 4 nitrogen and oxygen atoms in total. The Kier molecular flexibility index (Phi) is 2.88. The van der Waals surface area contributed by atoms with Crippen molar-refractivity contribution in [2.45, 2.75) is 12.8 Å². The van der Waals surface area contributed by atoms with E-state index in [1.54, 1.807) is 0 Å². The van der Waals surface area contributed by atoms with E-state index in [0.717, 1.165) is 27.7 Å². The topological polar surface area (TPSA) is 72.4 Å². The normalized spacial score (nSPS) is 12.2. The fraction of sp³-hybridized carbons (Fsp3) is 0.125. The third-order valence-electron chi connectivity index (χ3n) is 3.43. The van der Waals surface area contributed by atoms with Crippen molar-refractivity contribution in [1.82, 2.24) is 9.97 Å². The Hall–Kier alpha value is -2.80. The van der Waals surface area contributed by atoms with Crippen LogP contribution in [0.1, 0.15) is 18.4 Å². The minimum Gasteiger partial charge on any atom is -0.306 e. The van der Waals surface area contributed by atoms with Crippen molar-refractivity contribution < 1.29 is 0 Å². The quantitative estimate of drug-likeness (QED) is 0.745. The first-order valence-corrected chi connectivity index (χ1v) is 6.39. The number of aromatic amines is 2. The maximum Gasteiger partial charge on any atom is 0.323 e. The number of hydrogen-bond acceptors (Lipinski definition) is 2. The van der Waals surface area contributed by atoms with Gasteiger partial charge < -0.3 is 9.97 Å². The lowest BCUT2D eigenvalue weighted by Crippen LogP contribution is -1.99. The smallest absolute Gasteiger partial charge is 0.306 e. The van der Waals surface area contributed by atoms with E-state index >= 15 is 0 Å².